The van der Waals surface area contributed by atoms with Gasteiger partial charge in [0.05, 0.1) is 19.1 Å². The van der Waals surface area contributed by atoms with Gasteiger partial charge in [-0.3, -0.25) is 9.59 Å². The maximum Gasteiger partial charge on any atom is 0.416 e. The van der Waals surface area contributed by atoms with E-state index < -0.39 is 29.7 Å². The predicted octanol–water partition coefficient (Wildman–Crippen LogP) is 2.67. The number of Topliss-reactive ketones (excluding diaryl/α,β-unsaturated/α-hetero) is 1. The quantitative estimate of drug-likeness (QED) is 0.808. The summed E-state index contributed by atoms with van der Waals surface area (Å²) in [7, 11) is 1.20. The third-order valence-corrected chi connectivity index (χ3v) is 4.41. The zero-order valence-electron chi connectivity index (χ0n) is 14.3. The fraction of sp³-hybridized carbons (Fsp3) is 0.500. The van der Waals surface area contributed by atoms with E-state index in [1.54, 1.807) is 0 Å². The number of hydrogen-bond donors (Lipinski definition) is 1. The number of ketones is 1. The molecule has 0 saturated heterocycles. The minimum Gasteiger partial charge on any atom is -0.467 e. The van der Waals surface area contributed by atoms with E-state index in [0.717, 1.165) is 12.1 Å². The molecule has 1 aliphatic carbocycles. The summed E-state index contributed by atoms with van der Waals surface area (Å²) in [5.74, 6) is -1.45. The van der Waals surface area contributed by atoms with Crippen molar-refractivity contribution >= 4 is 17.7 Å². The molecule has 1 aliphatic rings. The number of amides is 1. The number of methoxy groups -OCH3 is 1. The molecule has 0 aromatic heterocycles. The molecular formula is C18H20F3NO4. The van der Waals surface area contributed by atoms with Gasteiger partial charge in [0.2, 0.25) is 5.91 Å². The van der Waals surface area contributed by atoms with Crippen molar-refractivity contribution in [2.24, 2.45) is 5.92 Å². The van der Waals surface area contributed by atoms with Gasteiger partial charge in [0, 0.05) is 12.8 Å². The van der Waals surface area contributed by atoms with Crippen LogP contribution in [-0.4, -0.2) is 30.8 Å². The highest BCUT2D eigenvalue weighted by Gasteiger charge is 2.34. The Hall–Kier alpha value is -2.38. The molecular weight excluding hydrogens is 351 g/mol. The summed E-state index contributed by atoms with van der Waals surface area (Å²) in [5, 5.41) is 2.56. The van der Waals surface area contributed by atoms with Gasteiger partial charge in [-0.15, -0.1) is 0 Å². The number of hydrogen-bond acceptors (Lipinski definition) is 4. The van der Waals surface area contributed by atoms with Gasteiger partial charge in [0.15, 0.2) is 0 Å². The lowest BCUT2D eigenvalue weighted by Crippen LogP contribution is -2.48. The van der Waals surface area contributed by atoms with Crippen LogP contribution in [0, 0.1) is 5.92 Å². The van der Waals surface area contributed by atoms with Gasteiger partial charge < -0.3 is 10.1 Å². The summed E-state index contributed by atoms with van der Waals surface area (Å²) < 4.78 is 42.4. The minimum atomic E-state index is -4.44. The fourth-order valence-electron chi connectivity index (χ4n) is 3.06. The molecule has 0 radical (unpaired) electrons. The van der Waals surface area contributed by atoms with Gasteiger partial charge in [-0.2, -0.15) is 13.2 Å². The number of alkyl halides is 3. The number of carbonyl (C=O) groups is 3. The van der Waals surface area contributed by atoms with E-state index in [-0.39, 0.29) is 24.5 Å². The van der Waals surface area contributed by atoms with E-state index in [9.17, 15) is 27.6 Å². The Morgan fingerprint density at radius 3 is 2.46 bits per heavy atom. The van der Waals surface area contributed by atoms with Gasteiger partial charge in [0.1, 0.15) is 11.8 Å². The highest BCUT2D eigenvalue weighted by Crippen LogP contribution is 2.29. The summed E-state index contributed by atoms with van der Waals surface area (Å²) in [6.45, 7) is 0. The van der Waals surface area contributed by atoms with Crippen LogP contribution in [0.3, 0.4) is 0 Å². The van der Waals surface area contributed by atoms with Crippen molar-refractivity contribution in [3.05, 3.63) is 35.4 Å². The summed E-state index contributed by atoms with van der Waals surface area (Å²) in [4.78, 5) is 35.8. The molecule has 0 spiro atoms. The normalized spacial score (nSPS) is 18.9. The first-order valence-electron chi connectivity index (χ1n) is 8.25. The van der Waals surface area contributed by atoms with Crippen molar-refractivity contribution in [1.82, 2.24) is 5.32 Å². The molecule has 1 fully saturated rings. The molecule has 142 valence electrons. The Bertz CT molecular complexity index is 670. The first kappa shape index (κ1) is 19.9. The zero-order valence-corrected chi connectivity index (χ0v) is 14.3. The van der Waals surface area contributed by atoms with Crippen molar-refractivity contribution in [2.45, 2.75) is 44.3 Å². The summed E-state index contributed by atoms with van der Waals surface area (Å²) >= 11 is 0. The average Bonchev–Trinajstić information content (AvgIpc) is 2.58. The summed E-state index contributed by atoms with van der Waals surface area (Å²) in [5.41, 5.74) is -0.409. The molecule has 0 bridgehead atoms. The fourth-order valence-corrected chi connectivity index (χ4v) is 3.06. The lowest BCUT2D eigenvalue weighted by Gasteiger charge is -2.28. The molecule has 1 amide bonds. The Kier molecular flexibility index (Phi) is 6.39. The first-order valence-corrected chi connectivity index (χ1v) is 8.25. The molecule has 5 nitrogen and oxygen atoms in total. The predicted molar refractivity (Wildman–Crippen MR) is 86.1 cm³/mol. The Balaban J connectivity index is 2.02. The molecule has 0 heterocycles. The Morgan fingerprint density at radius 1 is 1.27 bits per heavy atom. The lowest BCUT2D eigenvalue weighted by molar-refractivity contribution is -0.147. The van der Waals surface area contributed by atoms with Crippen molar-refractivity contribution in [2.75, 3.05) is 7.11 Å². The number of carbonyl (C=O) groups excluding carboxylic acids is 3. The van der Waals surface area contributed by atoms with Crippen molar-refractivity contribution in [1.29, 1.82) is 0 Å². The van der Waals surface area contributed by atoms with Crippen LogP contribution in [0.25, 0.3) is 0 Å². The third kappa shape index (κ3) is 5.31. The second-order valence-corrected chi connectivity index (χ2v) is 6.33. The molecule has 1 aromatic rings. The van der Waals surface area contributed by atoms with Gasteiger partial charge in [-0.25, -0.2) is 4.79 Å². The minimum absolute atomic E-state index is 0.0344. The molecule has 2 atom stereocenters. The molecule has 0 unspecified atom stereocenters. The molecule has 26 heavy (non-hydrogen) atoms. The topological polar surface area (TPSA) is 72.5 Å². The average molecular weight is 371 g/mol. The number of rotatable bonds is 5. The van der Waals surface area contributed by atoms with Gasteiger partial charge in [-0.1, -0.05) is 12.1 Å². The van der Waals surface area contributed by atoms with Gasteiger partial charge in [0.25, 0.3) is 0 Å². The smallest absolute Gasteiger partial charge is 0.416 e. The molecule has 2 rings (SSSR count). The van der Waals surface area contributed by atoms with Crippen LogP contribution in [0.4, 0.5) is 13.2 Å². The van der Waals surface area contributed by atoms with Crippen LogP contribution < -0.4 is 5.32 Å². The highest BCUT2D eigenvalue weighted by molar-refractivity contribution is 5.87. The van der Waals surface area contributed by atoms with Crippen LogP contribution in [0.5, 0.6) is 0 Å². The Labute approximate surface area is 148 Å². The van der Waals surface area contributed by atoms with Crippen LogP contribution >= 0.6 is 0 Å². The lowest BCUT2D eigenvalue weighted by atomic mass is 9.83. The molecule has 1 aromatic carbocycles. The van der Waals surface area contributed by atoms with Crippen LogP contribution in [0.2, 0.25) is 0 Å². The van der Waals surface area contributed by atoms with Gasteiger partial charge in [-0.05, 0) is 36.5 Å². The molecule has 1 saturated carbocycles. The van der Waals surface area contributed by atoms with Crippen molar-refractivity contribution in [3.63, 3.8) is 0 Å². The molecule has 1 N–H and O–H groups in total. The van der Waals surface area contributed by atoms with E-state index in [4.69, 9.17) is 4.74 Å². The van der Waals surface area contributed by atoms with Crippen LogP contribution in [0.15, 0.2) is 24.3 Å². The molecule has 0 aliphatic heterocycles. The van der Waals surface area contributed by atoms with Crippen LogP contribution in [-0.2, 0) is 31.7 Å². The maximum atomic E-state index is 12.6. The van der Waals surface area contributed by atoms with E-state index in [0.29, 0.717) is 24.8 Å². The number of ether oxygens (including phenoxy) is 1. The zero-order chi connectivity index (χ0) is 19.3. The van der Waals surface area contributed by atoms with Crippen LogP contribution in [0.1, 0.15) is 36.8 Å². The van der Waals surface area contributed by atoms with E-state index in [1.807, 2.05) is 0 Å². The second kappa shape index (κ2) is 8.33. The van der Waals surface area contributed by atoms with E-state index in [1.165, 1.54) is 19.2 Å². The first-order chi connectivity index (χ1) is 12.2. The number of esters is 1. The Morgan fingerprint density at radius 2 is 1.92 bits per heavy atom. The summed E-state index contributed by atoms with van der Waals surface area (Å²) in [6.07, 6.45) is -2.70. The van der Waals surface area contributed by atoms with E-state index >= 15 is 0 Å². The van der Waals surface area contributed by atoms with Crippen molar-refractivity contribution in [3.8, 4) is 0 Å². The van der Waals surface area contributed by atoms with E-state index in [2.05, 4.69) is 5.32 Å². The van der Waals surface area contributed by atoms with Crippen molar-refractivity contribution < 1.29 is 32.3 Å². The number of halogens is 3. The molecule has 8 heteroatoms. The standard InChI is InChI=1S/C18H20F3NO4/c1-26-17(25)16(12-3-2-4-14(23)10-12)22-15(24)9-11-5-7-13(8-6-11)18(19,20)21/h5-8,12,16H,2-4,9-10H2,1H3,(H,22,24)/t12-,16-/m1/s1. The summed E-state index contributed by atoms with van der Waals surface area (Å²) in [6, 6.07) is 3.31. The maximum absolute atomic E-state index is 12.6. The monoisotopic (exact) mass is 371 g/mol. The SMILES string of the molecule is COC(=O)[C@H](NC(=O)Cc1ccc(C(F)(F)F)cc1)[C@@H]1CCCC(=O)C1. The second-order valence-electron chi connectivity index (χ2n) is 6.33. The number of benzene rings is 1. The third-order valence-electron chi connectivity index (χ3n) is 4.41. The van der Waals surface area contributed by atoms with Gasteiger partial charge >= 0.3 is 12.1 Å². The number of nitrogens with one attached hydrogen (secondary N) is 1. The highest BCUT2D eigenvalue weighted by atomic mass is 19.4. The largest absolute Gasteiger partial charge is 0.467 e.